The maximum atomic E-state index is 11.5. The van der Waals surface area contributed by atoms with Gasteiger partial charge in [-0.1, -0.05) is 48.5 Å². The molecule has 0 aromatic heterocycles. The minimum atomic E-state index is -4.23. The van der Waals surface area contributed by atoms with E-state index >= 15 is 0 Å². The Morgan fingerprint density at radius 3 is 1.86 bits per heavy atom. The molecule has 0 aliphatic carbocycles. The SMILES string of the molecule is O=S(=O)(O)c1ccc2ccc3cccc4ccc1c2c34.[NaH]. The van der Waals surface area contributed by atoms with E-state index in [1.165, 1.54) is 6.07 Å². The summed E-state index contributed by atoms with van der Waals surface area (Å²) in [5, 5.41) is 5.58. The Hall–Kier alpha value is -1.17. The van der Waals surface area contributed by atoms with Crippen LogP contribution in [-0.2, 0) is 10.1 Å². The first kappa shape index (κ1) is 14.8. The second-order valence-corrected chi connectivity index (χ2v) is 6.28. The van der Waals surface area contributed by atoms with E-state index in [9.17, 15) is 13.0 Å². The van der Waals surface area contributed by atoms with Gasteiger partial charge in [0.15, 0.2) is 0 Å². The third-order valence-corrected chi connectivity index (χ3v) is 4.68. The van der Waals surface area contributed by atoms with Crippen molar-refractivity contribution < 1.29 is 13.0 Å². The van der Waals surface area contributed by atoms with Crippen molar-refractivity contribution in [3.63, 3.8) is 0 Å². The monoisotopic (exact) mass is 306 g/mol. The van der Waals surface area contributed by atoms with Crippen molar-refractivity contribution in [1.82, 2.24) is 0 Å². The molecule has 4 rings (SSSR count). The average molecular weight is 306 g/mol. The molecular formula is C16H11NaO3S. The van der Waals surface area contributed by atoms with E-state index in [0.717, 1.165) is 26.9 Å². The molecule has 0 fully saturated rings. The van der Waals surface area contributed by atoms with Crippen molar-refractivity contribution in [1.29, 1.82) is 0 Å². The van der Waals surface area contributed by atoms with Crippen LogP contribution in [0.5, 0.6) is 0 Å². The van der Waals surface area contributed by atoms with Gasteiger partial charge in [0.25, 0.3) is 10.1 Å². The Kier molecular flexibility index (Phi) is 3.47. The van der Waals surface area contributed by atoms with Crippen molar-refractivity contribution >= 4 is 72.0 Å². The Morgan fingerprint density at radius 2 is 1.24 bits per heavy atom. The van der Waals surface area contributed by atoms with Crippen molar-refractivity contribution in [2.75, 3.05) is 0 Å². The van der Waals surface area contributed by atoms with Crippen molar-refractivity contribution in [3.8, 4) is 0 Å². The van der Waals surface area contributed by atoms with E-state index in [0.29, 0.717) is 5.39 Å². The molecule has 4 aromatic carbocycles. The molecule has 4 aromatic rings. The third kappa shape index (κ3) is 2.15. The second-order valence-electron chi connectivity index (χ2n) is 4.89. The van der Waals surface area contributed by atoms with E-state index in [2.05, 4.69) is 0 Å². The first-order chi connectivity index (χ1) is 9.55. The molecule has 0 spiro atoms. The summed E-state index contributed by atoms with van der Waals surface area (Å²) in [6, 6.07) is 16.8. The van der Waals surface area contributed by atoms with E-state index in [1.807, 2.05) is 36.4 Å². The fraction of sp³-hybridized carbons (Fsp3) is 0. The van der Waals surface area contributed by atoms with Crippen LogP contribution < -0.4 is 0 Å². The molecule has 3 nitrogen and oxygen atoms in total. The molecule has 0 bridgehead atoms. The summed E-state index contributed by atoms with van der Waals surface area (Å²) >= 11 is 0. The molecule has 0 saturated carbocycles. The normalized spacial score (nSPS) is 12.0. The maximum absolute atomic E-state index is 11.5. The van der Waals surface area contributed by atoms with Crippen LogP contribution in [0.15, 0.2) is 59.5 Å². The van der Waals surface area contributed by atoms with Crippen LogP contribution in [0.1, 0.15) is 0 Å². The minimum absolute atomic E-state index is 0. The Labute approximate surface area is 143 Å². The van der Waals surface area contributed by atoms with Crippen LogP contribution >= 0.6 is 0 Å². The van der Waals surface area contributed by atoms with Gasteiger partial charge in [0.05, 0.1) is 0 Å². The third-order valence-electron chi connectivity index (χ3n) is 3.77. The summed E-state index contributed by atoms with van der Waals surface area (Å²) in [7, 11) is -4.23. The zero-order valence-corrected chi connectivity index (χ0v) is 11.2. The molecule has 100 valence electrons. The zero-order chi connectivity index (χ0) is 13.9. The molecule has 21 heavy (non-hydrogen) atoms. The van der Waals surface area contributed by atoms with Gasteiger partial charge in [-0.2, -0.15) is 8.42 Å². The van der Waals surface area contributed by atoms with Crippen LogP contribution in [0.3, 0.4) is 0 Å². The quantitative estimate of drug-likeness (QED) is 0.334. The zero-order valence-electron chi connectivity index (χ0n) is 10.4. The summed E-state index contributed by atoms with van der Waals surface area (Å²) < 4.78 is 32.5. The van der Waals surface area contributed by atoms with Gasteiger partial charge in [0.1, 0.15) is 4.90 Å². The molecule has 0 atom stereocenters. The standard InChI is InChI=1S/C16H10O3S.Na.H/c17-20(18,19)14-9-7-12-5-4-10-2-1-3-11-6-8-13(14)16(12)15(10)11;;/h1-9H,(H,17,18,19);;. The second kappa shape index (κ2) is 4.93. The summed E-state index contributed by atoms with van der Waals surface area (Å²) in [5.41, 5.74) is 0. The molecule has 1 N–H and O–H groups in total. The van der Waals surface area contributed by atoms with E-state index < -0.39 is 10.1 Å². The van der Waals surface area contributed by atoms with Gasteiger partial charge in [0, 0.05) is 5.39 Å². The predicted molar refractivity (Wildman–Crippen MR) is 87.1 cm³/mol. The molecule has 0 radical (unpaired) electrons. The Balaban J connectivity index is 0.00000132. The molecule has 0 amide bonds. The summed E-state index contributed by atoms with van der Waals surface area (Å²) in [6.45, 7) is 0. The number of benzene rings is 4. The van der Waals surface area contributed by atoms with Crippen LogP contribution in [-0.4, -0.2) is 42.5 Å². The molecule has 0 unspecified atom stereocenters. The first-order valence-electron chi connectivity index (χ1n) is 6.20. The van der Waals surface area contributed by atoms with Gasteiger partial charge in [-0.25, -0.2) is 0 Å². The summed E-state index contributed by atoms with van der Waals surface area (Å²) in [5.74, 6) is 0. The Bertz CT molecular complexity index is 1060. The Morgan fingerprint density at radius 1 is 0.714 bits per heavy atom. The molecule has 0 heterocycles. The van der Waals surface area contributed by atoms with E-state index in [4.69, 9.17) is 0 Å². The van der Waals surface area contributed by atoms with Gasteiger partial charge >= 0.3 is 29.6 Å². The predicted octanol–water partition coefficient (Wildman–Crippen LogP) is 3.18. The summed E-state index contributed by atoms with van der Waals surface area (Å²) in [6.07, 6.45) is 0. The fourth-order valence-electron chi connectivity index (χ4n) is 2.93. The molecule has 0 aliphatic rings. The number of hydrogen-bond acceptors (Lipinski definition) is 2. The van der Waals surface area contributed by atoms with Crippen LogP contribution in [0, 0.1) is 0 Å². The van der Waals surface area contributed by atoms with Crippen molar-refractivity contribution in [3.05, 3.63) is 54.6 Å². The van der Waals surface area contributed by atoms with E-state index in [-0.39, 0.29) is 34.5 Å². The van der Waals surface area contributed by atoms with Crippen molar-refractivity contribution in [2.45, 2.75) is 4.90 Å². The number of hydrogen-bond donors (Lipinski definition) is 1. The van der Waals surface area contributed by atoms with Crippen LogP contribution in [0.2, 0.25) is 0 Å². The first-order valence-corrected chi connectivity index (χ1v) is 7.64. The molecule has 0 saturated heterocycles. The fourth-order valence-corrected chi connectivity index (χ4v) is 3.62. The topological polar surface area (TPSA) is 54.4 Å². The van der Waals surface area contributed by atoms with E-state index in [1.54, 1.807) is 12.1 Å². The van der Waals surface area contributed by atoms with Crippen molar-refractivity contribution in [2.24, 2.45) is 0 Å². The van der Waals surface area contributed by atoms with Gasteiger partial charge in [-0.15, -0.1) is 0 Å². The van der Waals surface area contributed by atoms with Gasteiger partial charge in [-0.3, -0.25) is 4.55 Å². The summed E-state index contributed by atoms with van der Waals surface area (Å²) in [4.78, 5) is -0.0387. The molecule has 0 aliphatic heterocycles. The number of rotatable bonds is 1. The van der Waals surface area contributed by atoms with Gasteiger partial charge < -0.3 is 0 Å². The molecular weight excluding hydrogens is 295 g/mol. The van der Waals surface area contributed by atoms with Crippen LogP contribution in [0.4, 0.5) is 0 Å². The average Bonchev–Trinajstić information content (AvgIpc) is 2.43. The van der Waals surface area contributed by atoms with Gasteiger partial charge in [0.2, 0.25) is 0 Å². The van der Waals surface area contributed by atoms with Crippen LogP contribution in [0.25, 0.3) is 32.3 Å². The van der Waals surface area contributed by atoms with Gasteiger partial charge in [-0.05, 0) is 33.0 Å². The molecule has 5 heteroatoms.